The summed E-state index contributed by atoms with van der Waals surface area (Å²) in [4.78, 5) is 13.1. The average molecular weight is 547 g/mol. The number of nitrogens with one attached hydrogen (secondary N) is 1. The van der Waals surface area contributed by atoms with Crippen LogP contribution in [0.1, 0.15) is 24.1 Å². The predicted octanol–water partition coefficient (Wildman–Crippen LogP) is 4.85. The van der Waals surface area contributed by atoms with Crippen LogP contribution in [0, 0.1) is 6.92 Å². The number of amides is 1. The molecule has 1 amide bonds. The Morgan fingerprint density at radius 3 is 2.18 bits per heavy atom. The van der Waals surface area contributed by atoms with E-state index in [4.69, 9.17) is 9.47 Å². The van der Waals surface area contributed by atoms with E-state index in [2.05, 4.69) is 21.2 Å². The van der Waals surface area contributed by atoms with E-state index < -0.39 is 15.9 Å². The minimum Gasteiger partial charge on any atom is -0.493 e. The van der Waals surface area contributed by atoms with E-state index in [1.165, 1.54) is 7.11 Å². The van der Waals surface area contributed by atoms with Crippen LogP contribution in [0.15, 0.2) is 76.1 Å². The number of carbonyl (C=O) groups excluding carboxylic acids is 1. The first-order valence-corrected chi connectivity index (χ1v) is 12.7. The standard InChI is InChI=1S/C25H27BrN2O5S/c1-17-5-12-22(13-6-17)34(30,31)28(21-10-8-20(26)9-11-21)16-25(29)27-18(2)19-7-14-23(32-3)24(15-19)33-4/h5-15,18H,16H2,1-4H3,(H,27,29)/t18-/m0/s1. The van der Waals surface area contributed by atoms with Crippen LogP contribution in [0.2, 0.25) is 0 Å². The van der Waals surface area contributed by atoms with Crippen molar-refractivity contribution >= 4 is 37.5 Å². The van der Waals surface area contributed by atoms with Crippen molar-refractivity contribution in [1.82, 2.24) is 5.32 Å². The minimum absolute atomic E-state index is 0.113. The number of hydrogen-bond acceptors (Lipinski definition) is 5. The molecule has 3 aromatic carbocycles. The number of ether oxygens (including phenoxy) is 2. The van der Waals surface area contributed by atoms with Gasteiger partial charge < -0.3 is 14.8 Å². The summed E-state index contributed by atoms with van der Waals surface area (Å²) in [5.41, 5.74) is 2.12. The highest BCUT2D eigenvalue weighted by molar-refractivity contribution is 9.10. The van der Waals surface area contributed by atoms with Gasteiger partial charge in [-0.1, -0.05) is 39.7 Å². The fourth-order valence-electron chi connectivity index (χ4n) is 3.38. The molecule has 0 aromatic heterocycles. The van der Waals surface area contributed by atoms with Crippen LogP contribution in [-0.4, -0.2) is 35.1 Å². The topological polar surface area (TPSA) is 84.9 Å². The van der Waals surface area contributed by atoms with Gasteiger partial charge in [-0.05, 0) is 67.9 Å². The molecule has 0 heterocycles. The smallest absolute Gasteiger partial charge is 0.264 e. The molecule has 9 heteroatoms. The maximum Gasteiger partial charge on any atom is 0.264 e. The van der Waals surface area contributed by atoms with E-state index in [1.54, 1.807) is 67.8 Å². The zero-order chi connectivity index (χ0) is 24.9. The third kappa shape index (κ3) is 5.90. The van der Waals surface area contributed by atoms with Crippen LogP contribution >= 0.6 is 15.9 Å². The number of methoxy groups -OCH3 is 2. The first-order valence-electron chi connectivity index (χ1n) is 10.5. The highest BCUT2D eigenvalue weighted by Crippen LogP contribution is 2.30. The molecule has 0 unspecified atom stereocenters. The van der Waals surface area contributed by atoms with E-state index in [-0.39, 0.29) is 17.5 Å². The summed E-state index contributed by atoms with van der Waals surface area (Å²) in [7, 11) is -0.890. The molecule has 0 fully saturated rings. The molecule has 3 aromatic rings. The molecule has 34 heavy (non-hydrogen) atoms. The van der Waals surface area contributed by atoms with Crippen LogP contribution < -0.4 is 19.1 Å². The van der Waals surface area contributed by atoms with Gasteiger partial charge in [0.15, 0.2) is 11.5 Å². The normalized spacial score (nSPS) is 12.0. The SMILES string of the molecule is COc1ccc([C@H](C)NC(=O)CN(c2ccc(Br)cc2)S(=O)(=O)c2ccc(C)cc2)cc1OC. The minimum atomic E-state index is -3.98. The van der Waals surface area contributed by atoms with Crippen molar-refractivity contribution in [2.75, 3.05) is 25.1 Å². The molecule has 0 saturated heterocycles. The van der Waals surface area contributed by atoms with E-state index in [9.17, 15) is 13.2 Å². The van der Waals surface area contributed by atoms with E-state index >= 15 is 0 Å². The monoisotopic (exact) mass is 546 g/mol. The Morgan fingerprint density at radius 1 is 0.971 bits per heavy atom. The largest absolute Gasteiger partial charge is 0.493 e. The van der Waals surface area contributed by atoms with Gasteiger partial charge in [-0.15, -0.1) is 0 Å². The van der Waals surface area contributed by atoms with Crippen LogP contribution in [0.25, 0.3) is 0 Å². The van der Waals surface area contributed by atoms with Gasteiger partial charge in [0.05, 0.1) is 30.8 Å². The van der Waals surface area contributed by atoms with Crippen molar-refractivity contribution in [2.45, 2.75) is 24.8 Å². The third-order valence-electron chi connectivity index (χ3n) is 5.30. The fourth-order valence-corrected chi connectivity index (χ4v) is 5.07. The van der Waals surface area contributed by atoms with Crippen LogP contribution in [-0.2, 0) is 14.8 Å². The first kappa shape index (κ1) is 25.6. The molecule has 0 aliphatic carbocycles. The summed E-state index contributed by atoms with van der Waals surface area (Å²) in [6, 6.07) is 18.3. The summed E-state index contributed by atoms with van der Waals surface area (Å²) >= 11 is 3.36. The van der Waals surface area contributed by atoms with Gasteiger partial charge in [-0.3, -0.25) is 9.10 Å². The lowest BCUT2D eigenvalue weighted by Crippen LogP contribution is -2.41. The lowest BCUT2D eigenvalue weighted by Gasteiger charge is -2.25. The molecule has 0 bridgehead atoms. The van der Waals surface area contributed by atoms with Gasteiger partial charge in [0.1, 0.15) is 6.54 Å². The van der Waals surface area contributed by atoms with Gasteiger partial charge in [0.2, 0.25) is 5.91 Å². The molecule has 1 N–H and O–H groups in total. The number of sulfonamides is 1. The molecule has 0 aliphatic rings. The Bertz CT molecular complexity index is 1250. The van der Waals surface area contributed by atoms with Crippen molar-refractivity contribution in [3.05, 3.63) is 82.3 Å². The summed E-state index contributed by atoms with van der Waals surface area (Å²) in [5, 5.41) is 2.88. The molecule has 0 aliphatic heterocycles. The number of rotatable bonds is 9. The summed E-state index contributed by atoms with van der Waals surface area (Å²) in [6.07, 6.45) is 0. The Kier molecular flexibility index (Phi) is 8.22. The molecule has 0 spiro atoms. The number of carbonyl (C=O) groups is 1. The highest BCUT2D eigenvalue weighted by atomic mass is 79.9. The number of benzene rings is 3. The van der Waals surface area contributed by atoms with Crippen LogP contribution in [0.5, 0.6) is 11.5 Å². The molecule has 180 valence electrons. The van der Waals surface area contributed by atoms with Crippen molar-refractivity contribution < 1.29 is 22.7 Å². The summed E-state index contributed by atoms with van der Waals surface area (Å²) < 4.78 is 39.5. The maximum absolute atomic E-state index is 13.5. The van der Waals surface area contributed by atoms with Crippen molar-refractivity contribution in [2.24, 2.45) is 0 Å². The first-order chi connectivity index (χ1) is 16.1. The zero-order valence-corrected chi connectivity index (χ0v) is 21.8. The molecule has 3 rings (SSSR count). The maximum atomic E-state index is 13.5. The molecule has 0 saturated carbocycles. The molecular formula is C25H27BrN2O5S. The lowest BCUT2D eigenvalue weighted by atomic mass is 10.1. The zero-order valence-electron chi connectivity index (χ0n) is 19.4. The lowest BCUT2D eigenvalue weighted by molar-refractivity contribution is -0.120. The average Bonchev–Trinajstić information content (AvgIpc) is 2.82. The number of aryl methyl sites for hydroxylation is 1. The van der Waals surface area contributed by atoms with Gasteiger partial charge in [-0.25, -0.2) is 8.42 Å². The molecular weight excluding hydrogens is 520 g/mol. The van der Waals surface area contributed by atoms with Gasteiger partial charge in [-0.2, -0.15) is 0 Å². The van der Waals surface area contributed by atoms with Crippen molar-refractivity contribution in [3.63, 3.8) is 0 Å². The quantitative estimate of drug-likeness (QED) is 0.414. The predicted molar refractivity (Wildman–Crippen MR) is 136 cm³/mol. The molecule has 0 radical (unpaired) electrons. The summed E-state index contributed by atoms with van der Waals surface area (Å²) in [6.45, 7) is 3.32. The fraction of sp³-hybridized carbons (Fsp3) is 0.240. The van der Waals surface area contributed by atoms with Gasteiger partial charge in [0.25, 0.3) is 10.0 Å². The molecule has 7 nitrogen and oxygen atoms in total. The van der Waals surface area contributed by atoms with Crippen molar-refractivity contribution in [1.29, 1.82) is 0 Å². The van der Waals surface area contributed by atoms with E-state index in [1.807, 2.05) is 19.9 Å². The Morgan fingerprint density at radius 2 is 1.59 bits per heavy atom. The second kappa shape index (κ2) is 10.9. The molecule has 1 atom stereocenters. The van der Waals surface area contributed by atoms with Crippen LogP contribution in [0.3, 0.4) is 0 Å². The highest BCUT2D eigenvalue weighted by Gasteiger charge is 2.28. The van der Waals surface area contributed by atoms with Gasteiger partial charge in [0, 0.05) is 4.47 Å². The van der Waals surface area contributed by atoms with E-state index in [0.29, 0.717) is 17.2 Å². The Hall–Kier alpha value is -3.04. The third-order valence-corrected chi connectivity index (χ3v) is 7.61. The summed E-state index contributed by atoms with van der Waals surface area (Å²) in [5.74, 6) is 0.677. The van der Waals surface area contributed by atoms with Gasteiger partial charge >= 0.3 is 0 Å². The number of anilines is 1. The van der Waals surface area contributed by atoms with E-state index in [0.717, 1.165) is 19.9 Å². The van der Waals surface area contributed by atoms with Crippen LogP contribution in [0.4, 0.5) is 5.69 Å². The number of hydrogen-bond donors (Lipinski definition) is 1. The number of nitrogens with zero attached hydrogens (tertiary/aromatic N) is 1. The second-order valence-electron chi connectivity index (χ2n) is 7.70. The number of halogens is 1. The Labute approximate surface area is 208 Å². The second-order valence-corrected chi connectivity index (χ2v) is 10.5. The Balaban J connectivity index is 1.87. The van der Waals surface area contributed by atoms with Crippen molar-refractivity contribution in [3.8, 4) is 11.5 Å².